The molecule has 2 rings (SSSR count). The minimum absolute atomic E-state index is 0.0396. The number of rotatable bonds is 5. The molecule has 1 aromatic rings. The van der Waals surface area contributed by atoms with Crippen LogP contribution in [0.3, 0.4) is 0 Å². The molecule has 6 heteroatoms. The Labute approximate surface area is 118 Å². The largest absolute Gasteiger partial charge is 0.478 e. The number of aromatic carboxylic acids is 1. The van der Waals surface area contributed by atoms with Crippen molar-refractivity contribution in [2.24, 2.45) is 0 Å². The lowest BCUT2D eigenvalue weighted by atomic mass is 10.1. The van der Waals surface area contributed by atoms with Gasteiger partial charge in [0.2, 0.25) is 0 Å². The maximum atomic E-state index is 11.2. The number of pyridine rings is 1. The van der Waals surface area contributed by atoms with Gasteiger partial charge in [0.05, 0.1) is 31.4 Å². The standard InChI is InChI=1S/C14H20N2O4/c1-2-3-11-6-10(14(18)19)7-13(15-11)16-4-5-20-9-12(16)8-17/h6-7,12,17H,2-5,8-9H2,1H3,(H,18,19). The fraction of sp³-hybridized carbons (Fsp3) is 0.571. The molecule has 1 saturated heterocycles. The van der Waals surface area contributed by atoms with Gasteiger partial charge in [0.15, 0.2) is 0 Å². The van der Waals surface area contributed by atoms with Crippen LogP contribution in [-0.4, -0.2) is 53.6 Å². The van der Waals surface area contributed by atoms with Crippen molar-refractivity contribution in [3.05, 3.63) is 23.4 Å². The van der Waals surface area contributed by atoms with E-state index in [9.17, 15) is 15.0 Å². The van der Waals surface area contributed by atoms with Crippen LogP contribution in [-0.2, 0) is 11.2 Å². The normalized spacial score (nSPS) is 19.1. The number of anilines is 1. The monoisotopic (exact) mass is 280 g/mol. The Morgan fingerprint density at radius 2 is 2.35 bits per heavy atom. The molecule has 1 aromatic heterocycles. The Morgan fingerprint density at radius 1 is 1.55 bits per heavy atom. The zero-order chi connectivity index (χ0) is 14.5. The van der Waals surface area contributed by atoms with Crippen molar-refractivity contribution < 1.29 is 19.7 Å². The summed E-state index contributed by atoms with van der Waals surface area (Å²) in [6.45, 7) is 3.58. The molecule has 6 nitrogen and oxygen atoms in total. The van der Waals surface area contributed by atoms with Gasteiger partial charge in [-0.15, -0.1) is 0 Å². The molecule has 0 amide bonds. The summed E-state index contributed by atoms with van der Waals surface area (Å²) in [7, 11) is 0. The van der Waals surface area contributed by atoms with Crippen LogP contribution in [0, 0.1) is 0 Å². The van der Waals surface area contributed by atoms with Crippen molar-refractivity contribution in [2.75, 3.05) is 31.3 Å². The van der Waals surface area contributed by atoms with E-state index >= 15 is 0 Å². The minimum atomic E-state index is -0.959. The maximum absolute atomic E-state index is 11.2. The van der Waals surface area contributed by atoms with E-state index < -0.39 is 5.97 Å². The maximum Gasteiger partial charge on any atom is 0.335 e. The summed E-state index contributed by atoms with van der Waals surface area (Å²) < 4.78 is 5.33. The van der Waals surface area contributed by atoms with Crippen molar-refractivity contribution in [3.8, 4) is 0 Å². The summed E-state index contributed by atoms with van der Waals surface area (Å²) in [5.74, 6) is -0.351. The van der Waals surface area contributed by atoms with Crippen LogP contribution in [0.1, 0.15) is 29.4 Å². The SMILES string of the molecule is CCCc1cc(C(=O)O)cc(N2CCOCC2CO)n1. The summed E-state index contributed by atoms with van der Waals surface area (Å²) in [6, 6.07) is 3.01. The van der Waals surface area contributed by atoms with Gasteiger partial charge in [-0.1, -0.05) is 13.3 Å². The highest BCUT2D eigenvalue weighted by molar-refractivity contribution is 5.88. The number of carbonyl (C=O) groups is 1. The van der Waals surface area contributed by atoms with Gasteiger partial charge in [0.1, 0.15) is 5.82 Å². The van der Waals surface area contributed by atoms with Crippen molar-refractivity contribution in [1.29, 1.82) is 0 Å². The first-order chi connectivity index (χ1) is 9.65. The smallest absolute Gasteiger partial charge is 0.335 e. The molecule has 1 fully saturated rings. The molecule has 2 N–H and O–H groups in total. The number of morpholine rings is 1. The summed E-state index contributed by atoms with van der Waals surface area (Å²) in [6.07, 6.45) is 1.64. The van der Waals surface area contributed by atoms with Crippen molar-refractivity contribution in [2.45, 2.75) is 25.8 Å². The molecule has 20 heavy (non-hydrogen) atoms. The molecule has 1 atom stereocenters. The molecule has 110 valence electrons. The predicted molar refractivity (Wildman–Crippen MR) is 74.2 cm³/mol. The zero-order valence-electron chi connectivity index (χ0n) is 11.6. The minimum Gasteiger partial charge on any atom is -0.478 e. The fourth-order valence-corrected chi connectivity index (χ4v) is 2.33. The molecule has 1 aliphatic heterocycles. The lowest BCUT2D eigenvalue weighted by Crippen LogP contribution is -2.48. The second kappa shape index (κ2) is 6.67. The molecule has 0 aliphatic carbocycles. The number of aromatic nitrogens is 1. The summed E-state index contributed by atoms with van der Waals surface area (Å²) in [4.78, 5) is 17.7. The van der Waals surface area contributed by atoms with E-state index in [1.54, 1.807) is 12.1 Å². The summed E-state index contributed by atoms with van der Waals surface area (Å²) in [5, 5.41) is 18.6. The Morgan fingerprint density at radius 3 is 3.00 bits per heavy atom. The van der Waals surface area contributed by atoms with Crippen LogP contribution in [0.4, 0.5) is 5.82 Å². The Balaban J connectivity index is 2.35. The van der Waals surface area contributed by atoms with Gasteiger partial charge in [0, 0.05) is 12.2 Å². The van der Waals surface area contributed by atoms with Gasteiger partial charge in [-0.25, -0.2) is 9.78 Å². The molecular formula is C14H20N2O4. The highest BCUT2D eigenvalue weighted by atomic mass is 16.5. The first kappa shape index (κ1) is 14.7. The van der Waals surface area contributed by atoms with Crippen molar-refractivity contribution >= 4 is 11.8 Å². The van der Waals surface area contributed by atoms with E-state index in [2.05, 4.69) is 4.98 Å². The van der Waals surface area contributed by atoms with E-state index in [-0.39, 0.29) is 18.2 Å². The fourth-order valence-electron chi connectivity index (χ4n) is 2.33. The average molecular weight is 280 g/mol. The van der Waals surface area contributed by atoms with Crippen LogP contribution in [0.5, 0.6) is 0 Å². The van der Waals surface area contributed by atoms with Crippen LogP contribution in [0.15, 0.2) is 12.1 Å². The van der Waals surface area contributed by atoms with Crippen LogP contribution in [0.2, 0.25) is 0 Å². The van der Waals surface area contributed by atoms with Gasteiger partial charge < -0.3 is 19.8 Å². The number of hydrogen-bond donors (Lipinski definition) is 2. The molecule has 2 heterocycles. The van der Waals surface area contributed by atoms with E-state index in [0.29, 0.717) is 25.6 Å². The van der Waals surface area contributed by atoms with Gasteiger partial charge >= 0.3 is 5.97 Å². The topological polar surface area (TPSA) is 82.9 Å². The molecule has 0 spiro atoms. The molecular weight excluding hydrogens is 260 g/mol. The number of ether oxygens (including phenoxy) is 1. The molecule has 0 aromatic carbocycles. The molecule has 1 aliphatic rings. The van der Waals surface area contributed by atoms with Crippen LogP contribution in [0.25, 0.3) is 0 Å². The summed E-state index contributed by atoms with van der Waals surface area (Å²) >= 11 is 0. The summed E-state index contributed by atoms with van der Waals surface area (Å²) in [5.41, 5.74) is 1.01. The number of nitrogens with zero attached hydrogens (tertiary/aromatic N) is 2. The third kappa shape index (κ3) is 3.26. The number of hydrogen-bond acceptors (Lipinski definition) is 5. The number of carboxylic acid groups (broad SMARTS) is 1. The average Bonchev–Trinajstić information content (AvgIpc) is 2.47. The molecule has 1 unspecified atom stereocenters. The van der Waals surface area contributed by atoms with Crippen molar-refractivity contribution in [3.63, 3.8) is 0 Å². The number of aliphatic hydroxyl groups is 1. The van der Waals surface area contributed by atoms with Crippen molar-refractivity contribution in [1.82, 2.24) is 4.98 Å². The van der Waals surface area contributed by atoms with Crippen LogP contribution >= 0.6 is 0 Å². The predicted octanol–water partition coefficient (Wildman–Crippen LogP) is 0.930. The van der Waals surface area contributed by atoms with Gasteiger partial charge in [-0.2, -0.15) is 0 Å². The van der Waals surface area contributed by atoms with Gasteiger partial charge in [-0.3, -0.25) is 0 Å². The third-order valence-electron chi connectivity index (χ3n) is 3.35. The lowest BCUT2D eigenvalue weighted by Gasteiger charge is -2.35. The van der Waals surface area contributed by atoms with E-state index in [4.69, 9.17) is 4.74 Å². The molecule has 0 saturated carbocycles. The third-order valence-corrected chi connectivity index (χ3v) is 3.35. The molecule has 0 radical (unpaired) electrons. The highest BCUT2D eigenvalue weighted by Gasteiger charge is 2.24. The van der Waals surface area contributed by atoms with E-state index in [1.807, 2.05) is 11.8 Å². The number of aliphatic hydroxyl groups excluding tert-OH is 1. The number of carboxylic acids is 1. The second-order valence-corrected chi connectivity index (χ2v) is 4.87. The quantitative estimate of drug-likeness (QED) is 0.835. The van der Waals surface area contributed by atoms with E-state index in [0.717, 1.165) is 18.5 Å². The Bertz CT molecular complexity index is 478. The lowest BCUT2D eigenvalue weighted by molar-refractivity contribution is 0.0695. The van der Waals surface area contributed by atoms with Gasteiger partial charge in [0.25, 0.3) is 0 Å². The first-order valence-corrected chi connectivity index (χ1v) is 6.85. The van der Waals surface area contributed by atoms with Gasteiger partial charge in [-0.05, 0) is 18.6 Å². The Kier molecular flexibility index (Phi) is 4.92. The first-order valence-electron chi connectivity index (χ1n) is 6.85. The zero-order valence-corrected chi connectivity index (χ0v) is 11.6. The highest BCUT2D eigenvalue weighted by Crippen LogP contribution is 2.20. The Hall–Kier alpha value is -1.66. The second-order valence-electron chi connectivity index (χ2n) is 4.87. The van der Waals surface area contributed by atoms with Crippen LogP contribution < -0.4 is 4.90 Å². The van der Waals surface area contributed by atoms with E-state index in [1.165, 1.54) is 0 Å². The molecule has 0 bridgehead atoms. The number of aryl methyl sites for hydroxylation is 1.